The molecule has 1 fully saturated rings. The van der Waals surface area contributed by atoms with E-state index in [0.717, 1.165) is 12.1 Å². The predicted octanol–water partition coefficient (Wildman–Crippen LogP) is 2.05. The van der Waals surface area contributed by atoms with Gasteiger partial charge in [0.25, 0.3) is 5.91 Å². The van der Waals surface area contributed by atoms with Crippen LogP contribution in [0.15, 0.2) is 24.3 Å². The molecular formula is C16H19NO2S. The highest BCUT2D eigenvalue weighted by Gasteiger charge is 2.15. The largest absolute Gasteiger partial charge is 0.384 e. The smallest absolute Gasteiger partial charge is 0.251 e. The summed E-state index contributed by atoms with van der Waals surface area (Å²) < 4.78 is 0. The van der Waals surface area contributed by atoms with Crippen molar-refractivity contribution in [1.29, 1.82) is 0 Å². The van der Waals surface area contributed by atoms with Crippen molar-refractivity contribution in [2.75, 3.05) is 18.9 Å². The third-order valence-corrected chi connectivity index (χ3v) is 4.60. The van der Waals surface area contributed by atoms with Crippen LogP contribution in [-0.4, -0.2) is 35.2 Å². The molecule has 0 radical (unpaired) electrons. The topological polar surface area (TPSA) is 49.3 Å². The van der Waals surface area contributed by atoms with Crippen LogP contribution >= 0.6 is 11.8 Å². The predicted molar refractivity (Wildman–Crippen MR) is 82.8 cm³/mol. The minimum Gasteiger partial charge on any atom is -0.384 e. The third kappa shape index (κ3) is 4.59. The highest BCUT2D eigenvalue weighted by molar-refractivity contribution is 7.99. The minimum absolute atomic E-state index is 0.0520. The summed E-state index contributed by atoms with van der Waals surface area (Å²) in [6.07, 6.45) is 3.74. The van der Waals surface area contributed by atoms with Crippen LogP contribution in [-0.2, 0) is 0 Å². The van der Waals surface area contributed by atoms with Gasteiger partial charge in [0.2, 0.25) is 0 Å². The lowest BCUT2D eigenvalue weighted by atomic mass is 10.1. The fourth-order valence-electron chi connectivity index (χ4n) is 2.16. The maximum absolute atomic E-state index is 12.1. The number of aliphatic hydroxyl groups excluding tert-OH is 1. The number of carbonyl (C=O) groups excluding carboxylic acids is 1. The van der Waals surface area contributed by atoms with E-state index in [1.165, 1.54) is 25.0 Å². The fourth-order valence-corrected chi connectivity index (χ4v) is 3.40. The van der Waals surface area contributed by atoms with E-state index in [1.54, 1.807) is 12.1 Å². The molecule has 0 saturated carbocycles. The Morgan fingerprint density at radius 3 is 3.10 bits per heavy atom. The molecule has 0 bridgehead atoms. The van der Waals surface area contributed by atoms with Crippen molar-refractivity contribution in [2.45, 2.75) is 24.5 Å². The van der Waals surface area contributed by atoms with Crippen molar-refractivity contribution in [3.63, 3.8) is 0 Å². The lowest BCUT2D eigenvalue weighted by Crippen LogP contribution is -2.31. The maximum Gasteiger partial charge on any atom is 0.251 e. The van der Waals surface area contributed by atoms with Crippen LogP contribution in [0, 0.1) is 11.8 Å². The zero-order valence-corrected chi connectivity index (χ0v) is 12.2. The Bertz CT molecular complexity index is 513. The summed E-state index contributed by atoms with van der Waals surface area (Å²) in [5.74, 6) is 6.55. The Kier molecular flexibility index (Phi) is 5.97. The van der Waals surface area contributed by atoms with Crippen molar-refractivity contribution < 1.29 is 9.90 Å². The van der Waals surface area contributed by atoms with E-state index < -0.39 is 0 Å². The minimum atomic E-state index is -0.171. The van der Waals surface area contributed by atoms with Crippen molar-refractivity contribution in [3.8, 4) is 11.8 Å². The van der Waals surface area contributed by atoms with Gasteiger partial charge in [-0.15, -0.1) is 0 Å². The van der Waals surface area contributed by atoms with Gasteiger partial charge in [-0.1, -0.05) is 24.3 Å². The number of benzene rings is 1. The molecular weight excluding hydrogens is 270 g/mol. The zero-order chi connectivity index (χ0) is 14.2. The fraction of sp³-hybridized carbons (Fsp3) is 0.438. The molecule has 1 aliphatic rings. The van der Waals surface area contributed by atoms with Gasteiger partial charge >= 0.3 is 0 Å². The second-order valence-electron chi connectivity index (χ2n) is 4.74. The molecule has 0 aromatic heterocycles. The van der Waals surface area contributed by atoms with E-state index in [2.05, 4.69) is 17.2 Å². The Hall–Kier alpha value is -1.44. The van der Waals surface area contributed by atoms with Crippen LogP contribution < -0.4 is 5.32 Å². The lowest BCUT2D eigenvalue weighted by Gasteiger charge is -2.21. The second-order valence-corrected chi connectivity index (χ2v) is 6.15. The first kappa shape index (κ1) is 15.0. The van der Waals surface area contributed by atoms with E-state index in [9.17, 15) is 4.79 Å². The standard InChI is InChI=1S/C16H19NO2S/c18-9-4-6-13-5-3-7-14(11-13)16(19)17-12-15-8-1-2-10-20-15/h3,5,7,11,15,18H,1-2,8-10,12H2,(H,17,19). The number of aliphatic hydroxyl groups is 1. The van der Waals surface area contributed by atoms with Gasteiger partial charge in [-0.25, -0.2) is 0 Å². The molecule has 1 aromatic carbocycles. The lowest BCUT2D eigenvalue weighted by molar-refractivity contribution is 0.0953. The summed E-state index contributed by atoms with van der Waals surface area (Å²) in [7, 11) is 0. The van der Waals surface area contributed by atoms with Crippen molar-refractivity contribution >= 4 is 17.7 Å². The van der Waals surface area contributed by atoms with Gasteiger partial charge in [0.05, 0.1) is 0 Å². The summed E-state index contributed by atoms with van der Waals surface area (Å²) in [5, 5.41) is 12.2. The van der Waals surface area contributed by atoms with Crippen LogP contribution in [0.3, 0.4) is 0 Å². The van der Waals surface area contributed by atoms with Gasteiger partial charge in [0, 0.05) is 22.9 Å². The molecule has 1 aliphatic heterocycles. The highest BCUT2D eigenvalue weighted by atomic mass is 32.2. The molecule has 4 heteroatoms. The summed E-state index contributed by atoms with van der Waals surface area (Å²) in [6.45, 7) is 0.561. The van der Waals surface area contributed by atoms with Crippen LogP contribution in [0.5, 0.6) is 0 Å². The molecule has 1 heterocycles. The monoisotopic (exact) mass is 289 g/mol. The molecule has 2 N–H and O–H groups in total. The van der Waals surface area contributed by atoms with Crippen molar-refractivity contribution in [3.05, 3.63) is 35.4 Å². The van der Waals surface area contributed by atoms with Gasteiger partial charge in [-0.2, -0.15) is 11.8 Å². The SMILES string of the molecule is O=C(NCC1CCCCS1)c1cccc(C#CCO)c1. The number of carbonyl (C=O) groups is 1. The Labute approximate surface area is 124 Å². The molecule has 1 amide bonds. The Balaban J connectivity index is 1.91. The van der Waals surface area contributed by atoms with Crippen molar-refractivity contribution in [1.82, 2.24) is 5.32 Å². The average Bonchev–Trinajstić information content (AvgIpc) is 2.52. The van der Waals surface area contributed by atoms with Gasteiger partial charge in [0.1, 0.15) is 6.61 Å². The average molecular weight is 289 g/mol. The van der Waals surface area contributed by atoms with E-state index in [0.29, 0.717) is 10.8 Å². The maximum atomic E-state index is 12.1. The summed E-state index contributed by atoms with van der Waals surface area (Å²) in [4.78, 5) is 12.1. The van der Waals surface area contributed by atoms with Gasteiger partial charge in [0.15, 0.2) is 0 Å². The Morgan fingerprint density at radius 1 is 1.45 bits per heavy atom. The molecule has 106 valence electrons. The van der Waals surface area contributed by atoms with E-state index in [4.69, 9.17) is 5.11 Å². The first-order valence-corrected chi connectivity index (χ1v) is 7.94. The van der Waals surface area contributed by atoms with Crippen LogP contribution in [0.2, 0.25) is 0 Å². The molecule has 2 rings (SSSR count). The first-order chi connectivity index (χ1) is 9.79. The first-order valence-electron chi connectivity index (χ1n) is 6.89. The summed E-state index contributed by atoms with van der Waals surface area (Å²) in [5.41, 5.74) is 1.37. The molecule has 3 nitrogen and oxygen atoms in total. The molecule has 0 aliphatic carbocycles. The van der Waals surface area contributed by atoms with E-state index in [1.807, 2.05) is 23.9 Å². The summed E-state index contributed by atoms with van der Waals surface area (Å²) >= 11 is 1.95. The highest BCUT2D eigenvalue weighted by Crippen LogP contribution is 2.24. The number of nitrogens with one attached hydrogen (secondary N) is 1. The van der Waals surface area contributed by atoms with Gasteiger partial charge in [-0.05, 0) is 36.8 Å². The number of rotatable bonds is 3. The summed E-state index contributed by atoms with van der Waals surface area (Å²) in [6, 6.07) is 7.18. The molecule has 20 heavy (non-hydrogen) atoms. The number of hydrogen-bond acceptors (Lipinski definition) is 3. The van der Waals surface area contributed by atoms with Crippen LogP contribution in [0.1, 0.15) is 35.2 Å². The van der Waals surface area contributed by atoms with Gasteiger partial charge in [-0.3, -0.25) is 4.79 Å². The molecule has 1 unspecified atom stereocenters. The number of thioether (sulfide) groups is 1. The van der Waals surface area contributed by atoms with Crippen LogP contribution in [0.25, 0.3) is 0 Å². The number of amides is 1. The van der Waals surface area contributed by atoms with Crippen LogP contribution in [0.4, 0.5) is 0 Å². The molecule has 1 saturated heterocycles. The second kappa shape index (κ2) is 7.98. The van der Waals surface area contributed by atoms with Gasteiger partial charge < -0.3 is 10.4 Å². The Morgan fingerprint density at radius 2 is 2.35 bits per heavy atom. The molecule has 1 atom stereocenters. The zero-order valence-electron chi connectivity index (χ0n) is 11.4. The normalized spacial score (nSPS) is 17.9. The van der Waals surface area contributed by atoms with E-state index >= 15 is 0 Å². The van der Waals surface area contributed by atoms with E-state index in [-0.39, 0.29) is 12.5 Å². The number of hydrogen-bond donors (Lipinski definition) is 2. The van der Waals surface area contributed by atoms with Crippen molar-refractivity contribution in [2.24, 2.45) is 0 Å². The quantitative estimate of drug-likeness (QED) is 0.837. The molecule has 1 aromatic rings. The molecule has 0 spiro atoms. The third-order valence-electron chi connectivity index (χ3n) is 3.20.